The second kappa shape index (κ2) is 9.71. The number of rotatable bonds is 8. The van der Waals surface area contributed by atoms with Crippen LogP contribution in [0.5, 0.6) is 0 Å². The standard InChI is InChI=1S/C23H21N2O6S/c24-20(14-21(26)27)23(29)25-22(28)19-8-4-3-6-16(19)11-12-32(30,31)18-10-9-15-5-1-2-7-17(15)13-18/h1-10,12-13,20H,11,14,24H2,(H,26,27)(H,25,28,29)/t20-/m0/s1. The van der Waals surface area contributed by atoms with Crippen molar-refractivity contribution in [1.29, 1.82) is 0 Å². The maximum atomic E-state index is 12.8. The van der Waals surface area contributed by atoms with E-state index in [1.807, 2.05) is 24.3 Å². The first kappa shape index (κ1) is 23.1. The predicted molar refractivity (Wildman–Crippen MR) is 118 cm³/mol. The number of nitrogens with one attached hydrogen (secondary N) is 1. The lowest BCUT2D eigenvalue weighted by molar-refractivity contribution is -0.139. The zero-order chi connectivity index (χ0) is 23.3. The Hall–Kier alpha value is -3.56. The molecule has 2 amide bonds. The van der Waals surface area contributed by atoms with Gasteiger partial charge in [0.1, 0.15) is 0 Å². The number of fused-ring (bicyclic) bond motifs is 1. The van der Waals surface area contributed by atoms with Gasteiger partial charge in [0.2, 0.25) is 5.91 Å². The van der Waals surface area contributed by atoms with E-state index in [1.165, 1.54) is 12.1 Å². The van der Waals surface area contributed by atoms with Crippen LogP contribution in [-0.2, 0) is 25.8 Å². The number of carboxylic acid groups (broad SMARTS) is 1. The molecular formula is C23H21N2O6S. The number of sulfone groups is 1. The highest BCUT2D eigenvalue weighted by Gasteiger charge is 2.22. The van der Waals surface area contributed by atoms with Gasteiger partial charge in [0.15, 0.2) is 9.84 Å². The number of hydrogen-bond acceptors (Lipinski definition) is 6. The number of carboxylic acids is 1. The van der Waals surface area contributed by atoms with E-state index in [2.05, 4.69) is 5.32 Å². The predicted octanol–water partition coefficient (Wildman–Crippen LogP) is 2.08. The topological polar surface area (TPSA) is 144 Å². The summed E-state index contributed by atoms with van der Waals surface area (Å²) in [6.07, 6.45) is -0.702. The number of aliphatic carboxylic acids is 1. The van der Waals surface area contributed by atoms with Crippen LogP contribution in [0.2, 0.25) is 0 Å². The first-order valence-electron chi connectivity index (χ1n) is 9.65. The van der Waals surface area contributed by atoms with Crippen LogP contribution in [0, 0.1) is 5.75 Å². The van der Waals surface area contributed by atoms with Crippen molar-refractivity contribution >= 4 is 38.4 Å². The van der Waals surface area contributed by atoms with Gasteiger partial charge in [-0.25, -0.2) is 8.42 Å². The average Bonchev–Trinajstić information content (AvgIpc) is 2.77. The minimum atomic E-state index is -3.75. The Morgan fingerprint density at radius 1 is 0.969 bits per heavy atom. The van der Waals surface area contributed by atoms with Crippen LogP contribution >= 0.6 is 0 Å². The Labute approximate surface area is 185 Å². The molecule has 0 aliphatic rings. The molecule has 0 saturated heterocycles. The lowest BCUT2D eigenvalue weighted by Gasteiger charge is -2.12. The molecule has 32 heavy (non-hydrogen) atoms. The summed E-state index contributed by atoms with van der Waals surface area (Å²) in [6, 6.07) is 17.1. The number of imide groups is 1. The molecule has 9 heteroatoms. The molecule has 0 heterocycles. The molecular weight excluding hydrogens is 432 g/mol. The molecule has 3 aromatic carbocycles. The van der Waals surface area contributed by atoms with Gasteiger partial charge in [-0.1, -0.05) is 48.5 Å². The molecule has 4 N–H and O–H groups in total. The fourth-order valence-electron chi connectivity index (χ4n) is 3.11. The summed E-state index contributed by atoms with van der Waals surface area (Å²) in [5.74, 6) is -1.88. The lowest BCUT2D eigenvalue weighted by atomic mass is 10.0. The smallest absolute Gasteiger partial charge is 0.305 e. The number of carbonyl (C=O) groups is 3. The van der Waals surface area contributed by atoms with Crippen molar-refractivity contribution in [3.05, 3.63) is 83.6 Å². The first-order chi connectivity index (χ1) is 15.2. The van der Waals surface area contributed by atoms with Gasteiger partial charge in [-0.3, -0.25) is 19.7 Å². The normalized spacial score (nSPS) is 12.3. The van der Waals surface area contributed by atoms with Crippen molar-refractivity contribution in [2.24, 2.45) is 5.73 Å². The van der Waals surface area contributed by atoms with Crippen LogP contribution in [-0.4, -0.2) is 37.3 Å². The largest absolute Gasteiger partial charge is 0.481 e. The van der Waals surface area contributed by atoms with Gasteiger partial charge in [0.05, 0.1) is 23.1 Å². The molecule has 3 rings (SSSR count). The van der Waals surface area contributed by atoms with Crippen molar-refractivity contribution in [2.75, 3.05) is 0 Å². The fraction of sp³-hybridized carbons (Fsp3) is 0.130. The molecule has 0 bridgehead atoms. The molecule has 8 nitrogen and oxygen atoms in total. The SMILES string of the molecule is N[C@@H](CC(=O)O)C(=O)NC(=O)c1ccccc1C[CH]S(=O)(=O)c1ccc2ccccc2c1. The third-order valence-electron chi connectivity index (χ3n) is 4.80. The maximum absolute atomic E-state index is 12.8. The molecule has 0 saturated carbocycles. The van der Waals surface area contributed by atoms with E-state index >= 15 is 0 Å². The average molecular weight is 453 g/mol. The lowest BCUT2D eigenvalue weighted by Crippen LogP contribution is -2.44. The van der Waals surface area contributed by atoms with E-state index in [4.69, 9.17) is 10.8 Å². The van der Waals surface area contributed by atoms with Crippen molar-refractivity contribution in [3.8, 4) is 0 Å². The molecule has 1 radical (unpaired) electrons. The Kier molecular flexibility index (Phi) is 7.01. The quantitative estimate of drug-likeness (QED) is 0.474. The molecule has 1 atom stereocenters. The van der Waals surface area contributed by atoms with Crippen molar-refractivity contribution in [3.63, 3.8) is 0 Å². The van der Waals surface area contributed by atoms with E-state index in [-0.39, 0.29) is 16.9 Å². The Bertz CT molecular complexity index is 1290. The Balaban J connectivity index is 1.74. The number of carbonyl (C=O) groups excluding carboxylic acids is 2. The third-order valence-corrected chi connectivity index (χ3v) is 6.32. The highest BCUT2D eigenvalue weighted by molar-refractivity contribution is 7.93. The molecule has 0 aliphatic carbocycles. The van der Waals surface area contributed by atoms with Crippen molar-refractivity contribution < 1.29 is 27.9 Å². The first-order valence-corrected chi connectivity index (χ1v) is 11.2. The number of amides is 2. The molecule has 165 valence electrons. The van der Waals surface area contributed by atoms with Crippen LogP contribution in [0.1, 0.15) is 22.3 Å². The van der Waals surface area contributed by atoms with Gasteiger partial charge >= 0.3 is 5.97 Å². The van der Waals surface area contributed by atoms with Gasteiger partial charge in [-0.05, 0) is 41.0 Å². The third kappa shape index (κ3) is 5.57. The Morgan fingerprint density at radius 2 is 1.62 bits per heavy atom. The summed E-state index contributed by atoms with van der Waals surface area (Å²) < 4.78 is 25.6. The summed E-state index contributed by atoms with van der Waals surface area (Å²) in [5.41, 5.74) is 5.95. The fourth-order valence-corrected chi connectivity index (χ4v) is 4.25. The van der Waals surface area contributed by atoms with Crippen LogP contribution in [0.3, 0.4) is 0 Å². The van der Waals surface area contributed by atoms with E-state index in [0.717, 1.165) is 16.5 Å². The van der Waals surface area contributed by atoms with Crippen LogP contribution in [0.25, 0.3) is 10.8 Å². The van der Waals surface area contributed by atoms with E-state index in [1.54, 1.807) is 30.3 Å². The van der Waals surface area contributed by atoms with Gasteiger partial charge < -0.3 is 10.8 Å². The van der Waals surface area contributed by atoms with Gasteiger partial charge in [-0.15, -0.1) is 0 Å². The van der Waals surface area contributed by atoms with E-state index < -0.39 is 40.1 Å². The molecule has 0 spiro atoms. The highest BCUT2D eigenvalue weighted by atomic mass is 32.2. The summed E-state index contributed by atoms with van der Waals surface area (Å²) in [7, 11) is -3.75. The number of benzene rings is 3. The monoisotopic (exact) mass is 453 g/mol. The molecule has 0 aromatic heterocycles. The van der Waals surface area contributed by atoms with Crippen LogP contribution in [0.4, 0.5) is 0 Å². The zero-order valence-corrected chi connectivity index (χ0v) is 17.7. The van der Waals surface area contributed by atoms with Crippen molar-refractivity contribution in [2.45, 2.75) is 23.8 Å². The minimum absolute atomic E-state index is 0.0753. The second-order valence-electron chi connectivity index (χ2n) is 7.10. The van der Waals surface area contributed by atoms with E-state index in [0.29, 0.717) is 5.56 Å². The summed E-state index contributed by atoms with van der Waals surface area (Å²) >= 11 is 0. The maximum Gasteiger partial charge on any atom is 0.305 e. The number of hydrogen-bond donors (Lipinski definition) is 3. The van der Waals surface area contributed by atoms with Crippen LogP contribution in [0.15, 0.2) is 71.6 Å². The molecule has 0 aliphatic heterocycles. The summed E-state index contributed by atoms with van der Waals surface area (Å²) in [4.78, 5) is 35.3. The van der Waals surface area contributed by atoms with Crippen molar-refractivity contribution in [1.82, 2.24) is 5.32 Å². The highest BCUT2D eigenvalue weighted by Crippen LogP contribution is 2.23. The summed E-state index contributed by atoms with van der Waals surface area (Å²) in [5, 5.41) is 12.5. The van der Waals surface area contributed by atoms with E-state index in [9.17, 15) is 22.8 Å². The molecule has 0 unspecified atom stereocenters. The molecule has 0 fully saturated rings. The summed E-state index contributed by atoms with van der Waals surface area (Å²) in [6.45, 7) is 0. The Morgan fingerprint density at radius 3 is 2.34 bits per heavy atom. The van der Waals surface area contributed by atoms with Crippen LogP contribution < -0.4 is 11.1 Å². The minimum Gasteiger partial charge on any atom is -0.481 e. The second-order valence-corrected chi connectivity index (χ2v) is 9.00. The van der Waals surface area contributed by atoms with Gasteiger partial charge in [0.25, 0.3) is 5.91 Å². The molecule has 3 aromatic rings. The number of nitrogens with two attached hydrogens (primary N) is 1. The zero-order valence-electron chi connectivity index (χ0n) is 16.9. The van der Waals surface area contributed by atoms with Gasteiger partial charge in [0, 0.05) is 5.56 Å². The van der Waals surface area contributed by atoms with Gasteiger partial charge in [-0.2, -0.15) is 0 Å².